The maximum Gasteiger partial charge on any atom is 1.00 e. The van der Waals surface area contributed by atoms with Gasteiger partial charge in [-0.15, -0.1) is 11.8 Å². The molecule has 0 aliphatic heterocycles. The molecule has 2 atom stereocenters. The second-order valence-corrected chi connectivity index (χ2v) is 12.1. The van der Waals surface area contributed by atoms with Crippen LogP contribution in [0.25, 0.3) is 11.0 Å². The third-order valence-electron chi connectivity index (χ3n) is 7.57. The number of aliphatic carboxylic acids is 1. The molecule has 232 valence electrons. The summed E-state index contributed by atoms with van der Waals surface area (Å²) in [5.74, 6) is -2.60. The molecule has 3 rings (SSSR count). The first-order valence-electron chi connectivity index (χ1n) is 15.2. The Bertz CT molecular complexity index is 1400. The van der Waals surface area contributed by atoms with Gasteiger partial charge < -0.3 is 22.6 Å². The van der Waals surface area contributed by atoms with Gasteiger partial charge in [0.05, 0.1) is 16.7 Å². The molecule has 2 unspecified atom stereocenters. The smallest absolute Gasteiger partial charge is 1.00 e. The normalized spacial score (nSPS) is 12.2. The van der Waals surface area contributed by atoms with E-state index in [-0.39, 0.29) is 79.2 Å². The quantitative estimate of drug-likeness (QED) is 0.103. The fourth-order valence-electron chi connectivity index (χ4n) is 5.37. The zero-order valence-electron chi connectivity index (χ0n) is 28.8. The van der Waals surface area contributed by atoms with Crippen LogP contribution >= 0.6 is 11.8 Å². The summed E-state index contributed by atoms with van der Waals surface area (Å²) < 4.78 is 5.75. The molecule has 44 heavy (non-hydrogen) atoms. The molecular weight excluding hydrogens is 598 g/mol. The first-order valence-corrected chi connectivity index (χ1v) is 16.1. The fourth-order valence-corrected chi connectivity index (χ4v) is 6.78. The molecule has 0 saturated heterocycles. The van der Waals surface area contributed by atoms with Crippen LogP contribution in [-0.2, 0) is 17.6 Å². The number of carbonyl (C=O) groups is 2. The molecule has 0 saturated carbocycles. The molecule has 7 nitrogen and oxygen atoms in total. The van der Waals surface area contributed by atoms with E-state index in [0.717, 1.165) is 47.8 Å². The number of carboxylic acids is 2. The number of hydrogen-bond acceptors (Lipinski definition) is 6. The summed E-state index contributed by atoms with van der Waals surface area (Å²) in [4.78, 5) is 36.4. The van der Waals surface area contributed by atoms with Gasteiger partial charge in [0.15, 0.2) is 5.43 Å². The molecule has 0 amide bonds. The largest absolute Gasteiger partial charge is 1.00 e. The van der Waals surface area contributed by atoms with Crippen molar-refractivity contribution in [2.45, 2.75) is 114 Å². The van der Waals surface area contributed by atoms with Crippen molar-refractivity contribution in [1.82, 2.24) is 0 Å². The molecule has 0 spiro atoms. The monoisotopic (exact) mass is 644 g/mol. The summed E-state index contributed by atoms with van der Waals surface area (Å²) in [6.07, 6.45) is 10.5. The van der Waals surface area contributed by atoms with Crippen molar-refractivity contribution in [2.24, 2.45) is 0 Å². The van der Waals surface area contributed by atoms with Gasteiger partial charge in [-0.3, -0.25) is 9.59 Å². The molecule has 3 aromatic rings. The van der Waals surface area contributed by atoms with E-state index in [2.05, 4.69) is 13.0 Å². The van der Waals surface area contributed by atoms with Gasteiger partial charge in [-0.2, -0.15) is 0 Å². The minimum absolute atomic E-state index is 0. The summed E-state index contributed by atoms with van der Waals surface area (Å²) in [5, 5.41) is 30.1. The van der Waals surface area contributed by atoms with Gasteiger partial charge in [-0.05, 0) is 55.4 Å². The standard InChI is InChI=1S/C34H44O7S.2Na.2H/c1-3-5-6-7-8-9-10-15-23-16-11-12-17-24(23)33(27(35)18-13-19-31(37)38)42-30-21-20-25-28(36)22-29(34(39)40)41-32(25)26(30)14-4-2;;;;/h11-12,16-17,20-22,27,33,35H,3-10,13-15,18-19H2,1-2H3,(H,37,38)(H,39,40);;;;/q;2*+1;2*-1. The van der Waals surface area contributed by atoms with Gasteiger partial charge in [0, 0.05) is 22.9 Å². The first kappa shape index (κ1) is 40.9. The van der Waals surface area contributed by atoms with E-state index >= 15 is 0 Å². The van der Waals surface area contributed by atoms with Crippen molar-refractivity contribution in [3.05, 3.63) is 75.1 Å². The molecule has 0 aliphatic carbocycles. The molecule has 0 fully saturated rings. The number of carboxylic acid groups (broad SMARTS) is 2. The molecule has 2 aromatic carbocycles. The maximum atomic E-state index is 12.7. The molecule has 0 aliphatic rings. The third kappa shape index (κ3) is 12.3. The van der Waals surface area contributed by atoms with Crippen molar-refractivity contribution in [3.8, 4) is 0 Å². The third-order valence-corrected chi connectivity index (χ3v) is 9.03. The Morgan fingerprint density at radius 2 is 1.57 bits per heavy atom. The van der Waals surface area contributed by atoms with Gasteiger partial charge in [0.1, 0.15) is 5.58 Å². The van der Waals surface area contributed by atoms with Crippen LogP contribution in [0.15, 0.2) is 56.6 Å². The van der Waals surface area contributed by atoms with Crippen molar-refractivity contribution in [1.29, 1.82) is 0 Å². The zero-order valence-corrected chi connectivity index (χ0v) is 31.6. The summed E-state index contributed by atoms with van der Waals surface area (Å²) in [6, 6.07) is 12.6. The molecule has 0 radical (unpaired) electrons. The van der Waals surface area contributed by atoms with Crippen LogP contribution in [0.5, 0.6) is 0 Å². The number of thioether (sulfide) groups is 1. The minimum Gasteiger partial charge on any atom is -1.00 e. The first-order chi connectivity index (χ1) is 20.3. The average molecular weight is 645 g/mol. The Balaban J connectivity index is 0. The van der Waals surface area contributed by atoms with E-state index in [9.17, 15) is 24.6 Å². The summed E-state index contributed by atoms with van der Waals surface area (Å²) >= 11 is 1.47. The van der Waals surface area contributed by atoms with Gasteiger partial charge in [-0.25, -0.2) is 4.79 Å². The Kier molecular flexibility index (Phi) is 20.1. The van der Waals surface area contributed by atoms with Crippen molar-refractivity contribution in [2.75, 3.05) is 0 Å². The van der Waals surface area contributed by atoms with E-state index in [4.69, 9.17) is 9.52 Å². The number of unbranched alkanes of at least 4 members (excludes halogenated alkanes) is 6. The molecule has 1 aromatic heterocycles. The van der Waals surface area contributed by atoms with E-state index in [1.54, 1.807) is 6.07 Å². The summed E-state index contributed by atoms with van der Waals surface area (Å²) in [7, 11) is 0. The minimum atomic E-state index is -1.31. The summed E-state index contributed by atoms with van der Waals surface area (Å²) in [5.41, 5.74) is 2.78. The van der Waals surface area contributed by atoms with Crippen LogP contribution in [0.3, 0.4) is 0 Å². The number of hydrogen-bond donors (Lipinski definition) is 3. The van der Waals surface area contributed by atoms with Crippen LogP contribution in [0.1, 0.15) is 120 Å². The van der Waals surface area contributed by atoms with Crippen LogP contribution in [0.2, 0.25) is 0 Å². The predicted octanol–water partition coefficient (Wildman–Crippen LogP) is 2.42. The topological polar surface area (TPSA) is 125 Å². The molecule has 0 bridgehead atoms. The number of aryl methyl sites for hydroxylation is 2. The SMILES string of the molecule is CCCCCCCCCc1ccccc1C(Sc1ccc2c(=O)cc(C(=O)O)oc2c1CCC)C(O)CCCC(=O)O.[H-].[H-].[Na+].[Na+]. The molecule has 3 N–H and O–H groups in total. The Labute approximate surface area is 312 Å². The maximum absolute atomic E-state index is 12.7. The van der Waals surface area contributed by atoms with Crippen LogP contribution in [0, 0.1) is 0 Å². The van der Waals surface area contributed by atoms with Gasteiger partial charge in [-0.1, -0.05) is 83.1 Å². The Hall–Kier alpha value is -1.10. The Morgan fingerprint density at radius 3 is 2.23 bits per heavy atom. The number of aromatic carboxylic acids is 1. The van der Waals surface area contributed by atoms with Crippen LogP contribution in [0.4, 0.5) is 0 Å². The zero-order chi connectivity index (χ0) is 30.5. The second kappa shape index (κ2) is 21.6. The number of rotatable bonds is 19. The molecule has 10 heteroatoms. The fraction of sp³-hybridized carbons (Fsp3) is 0.500. The van der Waals surface area contributed by atoms with Gasteiger partial charge in [0.25, 0.3) is 0 Å². The number of aliphatic hydroxyl groups is 1. The predicted molar refractivity (Wildman–Crippen MR) is 170 cm³/mol. The van der Waals surface area contributed by atoms with Crippen molar-refractivity contribution >= 4 is 34.7 Å². The Morgan fingerprint density at radius 1 is 0.886 bits per heavy atom. The van der Waals surface area contributed by atoms with E-state index in [1.165, 1.54) is 49.4 Å². The summed E-state index contributed by atoms with van der Waals surface area (Å²) in [6.45, 7) is 4.22. The molecule has 1 heterocycles. The average Bonchev–Trinajstić information content (AvgIpc) is 2.96. The van der Waals surface area contributed by atoms with E-state index in [1.807, 2.05) is 31.2 Å². The second-order valence-electron chi connectivity index (χ2n) is 10.9. The van der Waals surface area contributed by atoms with Gasteiger partial charge >= 0.3 is 71.1 Å². The number of fused-ring (bicyclic) bond motifs is 1. The van der Waals surface area contributed by atoms with Crippen molar-refractivity contribution < 1.29 is 91.3 Å². The number of benzene rings is 2. The van der Waals surface area contributed by atoms with E-state index < -0.39 is 29.2 Å². The van der Waals surface area contributed by atoms with Crippen LogP contribution in [-0.4, -0.2) is 33.4 Å². The van der Waals surface area contributed by atoms with E-state index in [0.29, 0.717) is 24.6 Å². The number of aliphatic hydroxyl groups excluding tert-OH is 1. The van der Waals surface area contributed by atoms with Gasteiger partial charge in [0.2, 0.25) is 5.76 Å². The van der Waals surface area contributed by atoms with Crippen molar-refractivity contribution in [3.63, 3.8) is 0 Å². The van der Waals surface area contributed by atoms with Crippen LogP contribution < -0.4 is 64.5 Å². The molecular formula is C34H46Na2O7S.